The van der Waals surface area contributed by atoms with E-state index in [9.17, 15) is 24.6 Å². The van der Waals surface area contributed by atoms with Crippen molar-refractivity contribution in [3.8, 4) is 5.75 Å². The summed E-state index contributed by atoms with van der Waals surface area (Å²) >= 11 is 6.86. The fourth-order valence-electron chi connectivity index (χ4n) is 8.61. The van der Waals surface area contributed by atoms with Crippen molar-refractivity contribution in [2.75, 3.05) is 64.7 Å². The first kappa shape index (κ1) is 34.3. The monoisotopic (exact) mass is 775 g/mol. The Morgan fingerprint density at radius 1 is 1.02 bits per heavy atom. The Labute approximate surface area is 293 Å². The van der Waals surface area contributed by atoms with Crippen LogP contribution in [0.5, 0.6) is 5.75 Å². The van der Waals surface area contributed by atoms with Gasteiger partial charge in [-0.15, -0.1) is 0 Å². The Kier molecular flexibility index (Phi) is 10.3. The Bertz CT molecular complexity index is 1470. The van der Waals surface area contributed by atoms with Crippen LogP contribution in [0.1, 0.15) is 43.2 Å². The van der Waals surface area contributed by atoms with Crippen molar-refractivity contribution in [1.82, 2.24) is 19.6 Å². The smallest absolute Gasteiger partial charge is 0.506 e. The molecule has 2 unspecified atom stereocenters. The highest BCUT2D eigenvalue weighted by Gasteiger charge is 2.64. The molecule has 0 spiro atoms. The highest BCUT2D eigenvalue weighted by molar-refractivity contribution is 9.11. The lowest BCUT2D eigenvalue weighted by atomic mass is 9.82. The third-order valence-corrected chi connectivity index (χ3v) is 12.4. The molecule has 3 fully saturated rings. The highest BCUT2D eigenvalue weighted by atomic mass is 79.9. The second-order valence-corrected chi connectivity index (χ2v) is 15.3. The van der Waals surface area contributed by atoms with Crippen LogP contribution in [-0.4, -0.2) is 130 Å². The van der Waals surface area contributed by atoms with Crippen LogP contribution in [0.25, 0.3) is 0 Å². The number of hydrogen-bond donors (Lipinski definition) is 3. The van der Waals surface area contributed by atoms with Crippen molar-refractivity contribution in [2.45, 2.75) is 62.8 Å². The number of carbonyl (C=O) groups excluding carboxylic acids is 2. The number of aromatic hydroxyl groups is 1. The van der Waals surface area contributed by atoms with Crippen molar-refractivity contribution in [2.24, 2.45) is 0 Å². The Morgan fingerprint density at radius 3 is 2.36 bits per heavy atom. The van der Waals surface area contributed by atoms with E-state index in [2.05, 4.69) is 58.9 Å². The number of piperidine rings is 2. The molecule has 4 heterocycles. The number of carbonyl (C=O) groups is 3. The summed E-state index contributed by atoms with van der Waals surface area (Å²) in [5.41, 5.74) is 1.51. The maximum Gasteiger partial charge on any atom is 0.515 e. The second kappa shape index (κ2) is 14.1. The molecule has 3 amide bonds. The number of phenols is 1. The quantitative estimate of drug-likeness (QED) is 0.261. The lowest BCUT2D eigenvalue weighted by molar-refractivity contribution is -0.942. The molecule has 11 nitrogen and oxygen atoms in total. The van der Waals surface area contributed by atoms with Crippen LogP contribution in [0, 0.1) is 0 Å². The third kappa shape index (κ3) is 6.59. The molecule has 47 heavy (non-hydrogen) atoms. The lowest BCUT2D eigenvalue weighted by Gasteiger charge is -2.59. The van der Waals surface area contributed by atoms with E-state index in [0.717, 1.165) is 62.1 Å². The molecule has 3 atom stereocenters. The van der Waals surface area contributed by atoms with Gasteiger partial charge >= 0.3 is 12.1 Å². The summed E-state index contributed by atoms with van der Waals surface area (Å²) in [5, 5.41) is 24.8. The number of para-hydroxylation sites is 1. The molecule has 0 radical (unpaired) electrons. The molecule has 0 aromatic heterocycles. The van der Waals surface area contributed by atoms with Crippen molar-refractivity contribution in [3.63, 3.8) is 0 Å². The Morgan fingerprint density at radius 2 is 1.70 bits per heavy atom. The minimum absolute atomic E-state index is 0.0279. The first-order valence-corrected chi connectivity index (χ1v) is 18.2. The minimum atomic E-state index is -1.09. The number of quaternary nitrogens is 1. The number of fused-ring (bicyclic) bond motifs is 1. The van der Waals surface area contributed by atoms with Gasteiger partial charge in [0.1, 0.15) is 18.6 Å². The van der Waals surface area contributed by atoms with E-state index in [0.29, 0.717) is 53.9 Å². The molecular formula is C34H45Br2N6O5+. The van der Waals surface area contributed by atoms with Gasteiger partial charge in [-0.1, -0.05) is 18.2 Å². The summed E-state index contributed by atoms with van der Waals surface area (Å²) < 4.78 is 0.582. The first-order chi connectivity index (χ1) is 22.6. The van der Waals surface area contributed by atoms with Gasteiger partial charge in [0.05, 0.1) is 21.9 Å². The molecule has 0 bridgehead atoms. The van der Waals surface area contributed by atoms with E-state index < -0.39 is 11.8 Å². The number of benzene rings is 2. The fraction of sp³-hybridized carbons (Fsp3) is 0.559. The van der Waals surface area contributed by atoms with Crippen LogP contribution < -0.4 is 5.32 Å². The van der Waals surface area contributed by atoms with Crippen LogP contribution in [0.3, 0.4) is 0 Å². The van der Waals surface area contributed by atoms with E-state index in [4.69, 9.17) is 0 Å². The zero-order valence-electron chi connectivity index (χ0n) is 26.9. The molecule has 4 aliphatic rings. The summed E-state index contributed by atoms with van der Waals surface area (Å²) in [4.78, 5) is 49.3. The maximum atomic E-state index is 13.8. The van der Waals surface area contributed by atoms with Crippen LogP contribution in [-0.2, 0) is 17.8 Å². The fourth-order valence-corrected chi connectivity index (χ4v) is 9.89. The van der Waals surface area contributed by atoms with Crippen molar-refractivity contribution in [3.05, 3.63) is 56.5 Å². The number of halogens is 2. The van der Waals surface area contributed by atoms with Crippen molar-refractivity contribution >= 4 is 56.0 Å². The van der Waals surface area contributed by atoms with E-state index in [1.807, 2.05) is 29.2 Å². The number of rotatable bonds is 7. The van der Waals surface area contributed by atoms with Gasteiger partial charge in [-0.05, 0) is 95.0 Å². The number of likely N-dealkylation sites (tertiary alicyclic amines) is 2. The number of aldehydes is 1. The predicted molar refractivity (Wildman–Crippen MR) is 186 cm³/mol. The molecule has 3 N–H and O–H groups in total. The van der Waals surface area contributed by atoms with Gasteiger partial charge in [-0.2, -0.15) is 4.79 Å². The second-order valence-electron chi connectivity index (χ2n) is 13.6. The van der Waals surface area contributed by atoms with Gasteiger partial charge in [-0.25, -0.2) is 14.2 Å². The van der Waals surface area contributed by atoms with Gasteiger partial charge in [-0.3, -0.25) is 4.90 Å². The molecule has 0 aliphatic carbocycles. The third-order valence-electron chi connectivity index (χ3n) is 11.2. The first-order valence-electron chi connectivity index (χ1n) is 16.6. The number of piperazine rings is 1. The molecule has 2 aromatic rings. The van der Waals surface area contributed by atoms with E-state index >= 15 is 0 Å². The Hall–Kier alpha value is -2.55. The molecular weight excluding hydrogens is 732 g/mol. The standard InChI is InChI=1S/C34H44Br2N6O5/c1-38-11-7-26(8-12-38)39-14-16-40(17-15-39)34(10-19-43)22-27(41-13-6-25-4-2-3-5-30(25)37-32(41)45)9-18-42(34,33(46)47)23-24-20-28(35)31(44)29(36)21-24/h2-5,19-21,26-27H,6-18,22-23H2,1H3,(H2-,37,44,45,46,47)/p+1/t27?,34?,42-/m0/s1. The summed E-state index contributed by atoms with van der Waals surface area (Å²) in [7, 11) is 2.16. The van der Waals surface area contributed by atoms with Crippen molar-refractivity contribution in [1.29, 1.82) is 0 Å². The number of urea groups is 1. The van der Waals surface area contributed by atoms with Crippen LogP contribution >= 0.6 is 31.9 Å². The Balaban J connectivity index is 1.36. The number of carboxylic acid groups (broad SMARTS) is 1. The summed E-state index contributed by atoms with van der Waals surface area (Å²) in [6.07, 6.45) is 3.67. The highest BCUT2D eigenvalue weighted by Crippen LogP contribution is 2.46. The summed E-state index contributed by atoms with van der Waals surface area (Å²) in [6, 6.07) is 11.4. The van der Waals surface area contributed by atoms with E-state index in [1.54, 1.807) is 12.1 Å². The van der Waals surface area contributed by atoms with Gasteiger partial charge in [0.15, 0.2) is 5.66 Å². The zero-order chi connectivity index (χ0) is 33.3. The number of hydrogen-bond acceptors (Lipinski definition) is 7. The normalized spacial score (nSPS) is 28.4. The number of nitrogens with zero attached hydrogens (tertiary/aromatic N) is 5. The lowest BCUT2D eigenvalue weighted by Crippen LogP contribution is -2.79. The molecule has 3 saturated heterocycles. The van der Waals surface area contributed by atoms with E-state index in [-0.39, 0.29) is 41.8 Å². The molecule has 254 valence electrons. The number of anilines is 1. The topological polar surface area (TPSA) is 117 Å². The maximum absolute atomic E-state index is 13.8. The van der Waals surface area contributed by atoms with Gasteiger partial charge in [0, 0.05) is 68.9 Å². The number of phenolic OH excluding ortho intramolecular Hbond substituents is 1. The summed E-state index contributed by atoms with van der Waals surface area (Å²) in [5.74, 6) is 0.0479. The molecule has 2 aromatic carbocycles. The average Bonchev–Trinajstić information content (AvgIpc) is 3.23. The minimum Gasteiger partial charge on any atom is -0.506 e. The van der Waals surface area contributed by atoms with Gasteiger partial charge in [0.2, 0.25) is 0 Å². The predicted octanol–water partition coefficient (Wildman–Crippen LogP) is 5.16. The average molecular weight is 778 g/mol. The van der Waals surface area contributed by atoms with Crippen LogP contribution in [0.4, 0.5) is 15.3 Å². The zero-order valence-corrected chi connectivity index (χ0v) is 30.1. The molecule has 13 heteroatoms. The SMILES string of the molecule is CN1CCC(N2CCN(C3(CC=O)CC(N4CCc5ccccc5NC4=O)CC[N@+]3(Cc3cc(Br)c(O)c(Br)c3)C(=O)O)CC2)CC1. The number of amides is 3. The van der Waals surface area contributed by atoms with Crippen molar-refractivity contribution < 1.29 is 29.1 Å². The molecule has 4 aliphatic heterocycles. The number of nitrogens with one attached hydrogen (secondary N) is 1. The van der Waals surface area contributed by atoms with Gasteiger partial charge < -0.3 is 30.1 Å². The van der Waals surface area contributed by atoms with Crippen LogP contribution in [0.15, 0.2) is 45.3 Å². The van der Waals surface area contributed by atoms with E-state index in [1.165, 1.54) is 0 Å². The van der Waals surface area contributed by atoms with Gasteiger partial charge in [0.25, 0.3) is 0 Å². The largest absolute Gasteiger partial charge is 0.515 e. The summed E-state index contributed by atoms with van der Waals surface area (Å²) in [6.45, 7) is 5.90. The van der Waals surface area contributed by atoms with Crippen LogP contribution in [0.2, 0.25) is 0 Å². The molecule has 6 rings (SSSR count). The molecule has 0 saturated carbocycles.